The molecule has 0 aliphatic heterocycles. The fraction of sp³-hybridized carbons (Fsp3) is 0.857. The van der Waals surface area contributed by atoms with Gasteiger partial charge in [0.2, 0.25) is 0 Å². The number of hydrogen-bond donors (Lipinski definition) is 1. The van der Waals surface area contributed by atoms with Gasteiger partial charge >= 0.3 is 0 Å². The Morgan fingerprint density at radius 1 is 1.38 bits per heavy atom. The minimum Gasteiger partial charge on any atom is -0.390 e. The van der Waals surface area contributed by atoms with Gasteiger partial charge in [-0.1, -0.05) is 25.7 Å². The molecule has 8 heavy (non-hydrogen) atoms. The van der Waals surface area contributed by atoms with Crippen LogP contribution in [-0.4, -0.2) is 5.11 Å². The summed E-state index contributed by atoms with van der Waals surface area (Å²) >= 11 is 0. The molecule has 47 valence electrons. The van der Waals surface area contributed by atoms with E-state index in [4.69, 9.17) is 5.11 Å². The van der Waals surface area contributed by atoms with Gasteiger partial charge in [-0.2, -0.15) is 0 Å². The summed E-state index contributed by atoms with van der Waals surface area (Å²) in [7, 11) is 0. The van der Waals surface area contributed by atoms with Gasteiger partial charge in [-0.3, -0.25) is 0 Å². The Morgan fingerprint density at radius 3 is 2.50 bits per heavy atom. The molecule has 0 aromatic rings. The zero-order chi connectivity index (χ0) is 5.82. The van der Waals surface area contributed by atoms with Gasteiger partial charge in [-0.25, -0.2) is 0 Å². The lowest BCUT2D eigenvalue weighted by Gasteiger charge is -2.02. The van der Waals surface area contributed by atoms with Crippen molar-refractivity contribution in [3.63, 3.8) is 0 Å². The smallest absolute Gasteiger partial charge is 0.0801 e. The van der Waals surface area contributed by atoms with Crippen molar-refractivity contribution in [1.29, 1.82) is 0 Å². The van der Waals surface area contributed by atoms with Crippen LogP contribution in [0.25, 0.3) is 0 Å². The highest BCUT2D eigenvalue weighted by Gasteiger charge is 2.13. The summed E-state index contributed by atoms with van der Waals surface area (Å²) in [4.78, 5) is 0. The van der Waals surface area contributed by atoms with E-state index in [2.05, 4.69) is 0 Å². The molecule has 1 aliphatic rings. The molecule has 0 bridgehead atoms. The molecule has 1 rings (SSSR count). The zero-order valence-corrected chi connectivity index (χ0v) is 5.14. The molecule has 1 heteroatoms. The summed E-state index contributed by atoms with van der Waals surface area (Å²) < 4.78 is 0. The maximum atomic E-state index is 8.40. The molecule has 0 amide bonds. The molecule has 0 saturated heterocycles. The molecule has 0 heterocycles. The van der Waals surface area contributed by atoms with Crippen molar-refractivity contribution in [2.45, 2.75) is 32.1 Å². The summed E-state index contributed by atoms with van der Waals surface area (Å²) in [5.41, 5.74) is 0. The molecule has 1 N–H and O–H groups in total. The number of aliphatic hydroxyl groups excluding tert-OH is 1. The largest absolute Gasteiger partial charge is 0.390 e. The average Bonchev–Trinajstić information content (AvgIpc) is 2.19. The van der Waals surface area contributed by atoms with Crippen molar-refractivity contribution < 1.29 is 5.11 Å². The van der Waals surface area contributed by atoms with Gasteiger partial charge in [-0.05, 0) is 12.3 Å². The Kier molecular flexibility index (Phi) is 2.34. The summed E-state index contributed by atoms with van der Waals surface area (Å²) in [6, 6.07) is 0. The van der Waals surface area contributed by atoms with Gasteiger partial charge in [0.25, 0.3) is 0 Å². The van der Waals surface area contributed by atoms with Crippen LogP contribution in [0.3, 0.4) is 0 Å². The standard InChI is InChI=1S/C7H13O/c8-6-5-7-3-1-2-4-7/h6-8H,1-5H2. The van der Waals surface area contributed by atoms with Crippen LogP contribution < -0.4 is 0 Å². The molecule has 1 nitrogen and oxygen atoms in total. The molecule has 0 aromatic carbocycles. The average molecular weight is 113 g/mol. The summed E-state index contributed by atoms with van der Waals surface area (Å²) in [6.07, 6.45) is 6.32. The molecule has 1 radical (unpaired) electrons. The van der Waals surface area contributed by atoms with Crippen LogP contribution in [-0.2, 0) is 0 Å². The van der Waals surface area contributed by atoms with Crippen molar-refractivity contribution in [2.75, 3.05) is 0 Å². The van der Waals surface area contributed by atoms with Crippen LogP contribution in [0.1, 0.15) is 32.1 Å². The molecule has 0 atom stereocenters. The molecule has 0 spiro atoms. The van der Waals surface area contributed by atoms with Gasteiger partial charge in [-0.15, -0.1) is 0 Å². The van der Waals surface area contributed by atoms with E-state index >= 15 is 0 Å². The summed E-state index contributed by atoms with van der Waals surface area (Å²) in [5, 5.41) is 8.40. The van der Waals surface area contributed by atoms with E-state index in [1.165, 1.54) is 32.3 Å². The second kappa shape index (κ2) is 3.08. The lowest BCUT2D eigenvalue weighted by atomic mass is 10.1. The Bertz CT molecular complexity index is 55.4. The fourth-order valence-electron chi connectivity index (χ4n) is 1.40. The first-order chi connectivity index (χ1) is 3.93. The molecule has 0 aromatic heterocycles. The van der Waals surface area contributed by atoms with Crippen LogP contribution in [0, 0.1) is 12.5 Å². The van der Waals surface area contributed by atoms with E-state index in [9.17, 15) is 0 Å². The highest BCUT2D eigenvalue weighted by molar-refractivity contribution is 4.69. The maximum Gasteiger partial charge on any atom is 0.0801 e. The quantitative estimate of drug-likeness (QED) is 0.581. The molecule has 0 unspecified atom stereocenters. The zero-order valence-electron chi connectivity index (χ0n) is 5.14. The maximum absolute atomic E-state index is 8.40. The predicted molar refractivity (Wildman–Crippen MR) is 32.8 cm³/mol. The molecule has 1 saturated carbocycles. The van der Waals surface area contributed by atoms with E-state index in [0.717, 1.165) is 12.3 Å². The Labute approximate surface area is 50.7 Å². The lowest BCUT2D eigenvalue weighted by molar-refractivity contribution is 0.338. The second-order valence-corrected chi connectivity index (χ2v) is 2.57. The Morgan fingerprint density at radius 2 is 2.00 bits per heavy atom. The highest BCUT2D eigenvalue weighted by atomic mass is 16.3. The normalized spacial score (nSPS) is 22.1. The second-order valence-electron chi connectivity index (χ2n) is 2.57. The number of hydrogen-bond acceptors (Lipinski definition) is 1. The van der Waals surface area contributed by atoms with Crippen LogP contribution in [0.2, 0.25) is 0 Å². The van der Waals surface area contributed by atoms with Crippen molar-refractivity contribution in [2.24, 2.45) is 5.92 Å². The third-order valence-corrected chi connectivity index (χ3v) is 1.91. The van der Waals surface area contributed by atoms with Gasteiger partial charge in [0.1, 0.15) is 0 Å². The number of rotatable bonds is 2. The van der Waals surface area contributed by atoms with Gasteiger partial charge in [0, 0.05) is 0 Å². The first-order valence-electron chi connectivity index (χ1n) is 3.39. The topological polar surface area (TPSA) is 20.2 Å². The van der Waals surface area contributed by atoms with Crippen LogP contribution >= 0.6 is 0 Å². The van der Waals surface area contributed by atoms with Gasteiger partial charge < -0.3 is 5.11 Å². The monoisotopic (exact) mass is 113 g/mol. The Hall–Kier alpha value is -0.0400. The van der Waals surface area contributed by atoms with E-state index in [0.29, 0.717) is 0 Å². The van der Waals surface area contributed by atoms with Gasteiger partial charge in [0.15, 0.2) is 0 Å². The SMILES string of the molecule is O[CH]CC1CCCC1. The van der Waals surface area contributed by atoms with E-state index < -0.39 is 0 Å². The molecule has 1 fully saturated rings. The third-order valence-electron chi connectivity index (χ3n) is 1.91. The molecule has 1 aliphatic carbocycles. The van der Waals surface area contributed by atoms with Crippen molar-refractivity contribution in [3.8, 4) is 0 Å². The number of aliphatic hydroxyl groups is 1. The minimum absolute atomic E-state index is 0.806. The first kappa shape index (κ1) is 6.09. The Balaban J connectivity index is 2.06. The molecular weight excluding hydrogens is 100 g/mol. The van der Waals surface area contributed by atoms with Gasteiger partial charge in [0.05, 0.1) is 6.61 Å². The van der Waals surface area contributed by atoms with Crippen molar-refractivity contribution in [3.05, 3.63) is 6.61 Å². The van der Waals surface area contributed by atoms with E-state index in [1.54, 1.807) is 0 Å². The van der Waals surface area contributed by atoms with Crippen molar-refractivity contribution in [1.82, 2.24) is 0 Å². The highest BCUT2D eigenvalue weighted by Crippen LogP contribution is 2.27. The fourth-order valence-corrected chi connectivity index (χ4v) is 1.40. The van der Waals surface area contributed by atoms with E-state index in [1.807, 2.05) is 0 Å². The van der Waals surface area contributed by atoms with Crippen LogP contribution in [0.4, 0.5) is 0 Å². The minimum atomic E-state index is 0.806. The van der Waals surface area contributed by atoms with Crippen LogP contribution in [0.5, 0.6) is 0 Å². The third kappa shape index (κ3) is 1.48. The summed E-state index contributed by atoms with van der Waals surface area (Å²) in [6.45, 7) is 1.30. The van der Waals surface area contributed by atoms with Crippen molar-refractivity contribution >= 4 is 0 Å². The van der Waals surface area contributed by atoms with E-state index in [-0.39, 0.29) is 0 Å². The predicted octanol–water partition coefficient (Wildman–Crippen LogP) is 2.10. The lowest BCUT2D eigenvalue weighted by Crippen LogP contribution is -1.91. The summed E-state index contributed by atoms with van der Waals surface area (Å²) in [5.74, 6) is 0.806. The van der Waals surface area contributed by atoms with Crippen LogP contribution in [0.15, 0.2) is 0 Å². The first-order valence-corrected chi connectivity index (χ1v) is 3.39. The molecular formula is C7H13O.